The second-order valence-electron chi connectivity index (χ2n) is 4.92. The zero-order valence-corrected chi connectivity index (χ0v) is 8.53. The van der Waals surface area contributed by atoms with Crippen LogP contribution < -0.4 is 5.32 Å². The van der Waals surface area contributed by atoms with Crippen LogP contribution in [0.1, 0.15) is 21.7 Å². The summed E-state index contributed by atoms with van der Waals surface area (Å²) in [6.07, 6.45) is 2.07. The number of nitrogens with zero attached hydrogens (tertiary/aromatic N) is 2. The largest absolute Gasteiger partial charge is 0.297 e. The Labute approximate surface area is 81.6 Å². The van der Waals surface area contributed by atoms with Gasteiger partial charge in [-0.3, -0.25) is 15.1 Å². The Morgan fingerprint density at radius 1 is 1.38 bits per heavy atom. The Balaban J connectivity index is 0.000000750. The molecule has 0 aromatic rings. The lowest BCUT2D eigenvalue weighted by Gasteiger charge is -2.40. The van der Waals surface area contributed by atoms with Crippen LogP contribution in [0.15, 0.2) is 0 Å². The van der Waals surface area contributed by atoms with Gasteiger partial charge < -0.3 is 0 Å². The molecule has 2 heterocycles. The van der Waals surface area contributed by atoms with E-state index in [1.807, 2.05) is 0 Å². The number of fused-ring (bicyclic) bond motifs is 3. The van der Waals surface area contributed by atoms with E-state index in [1.165, 1.54) is 26.1 Å². The zero-order chi connectivity index (χ0) is 9.00. The topological polar surface area (TPSA) is 18.5 Å². The second-order valence-corrected chi connectivity index (χ2v) is 4.92. The van der Waals surface area contributed by atoms with Crippen molar-refractivity contribution in [2.45, 2.75) is 44.6 Å². The molecule has 76 valence electrons. The lowest BCUT2D eigenvalue weighted by atomic mass is 10.2. The average Bonchev–Trinajstić information content (AvgIpc) is 2.78. The Morgan fingerprint density at radius 2 is 2.23 bits per heavy atom. The SMILES string of the molecule is CC(C)N1CCN2C(C1)NC1CC12.[HH]. The molecular formula is C10H21N3. The van der Waals surface area contributed by atoms with E-state index in [0.717, 1.165) is 12.1 Å². The minimum atomic E-state index is 0. The monoisotopic (exact) mass is 183 g/mol. The van der Waals surface area contributed by atoms with Gasteiger partial charge in [0.25, 0.3) is 0 Å². The summed E-state index contributed by atoms with van der Waals surface area (Å²) in [5, 5.41) is 3.70. The molecule has 1 saturated carbocycles. The number of hydrogen-bond donors (Lipinski definition) is 1. The first-order valence-electron chi connectivity index (χ1n) is 5.51. The Hall–Kier alpha value is -0.120. The molecule has 0 bridgehead atoms. The van der Waals surface area contributed by atoms with Crippen LogP contribution in [0.4, 0.5) is 0 Å². The van der Waals surface area contributed by atoms with Crippen molar-refractivity contribution >= 4 is 0 Å². The fraction of sp³-hybridized carbons (Fsp3) is 1.00. The molecule has 3 heteroatoms. The number of piperazine rings is 1. The molecular weight excluding hydrogens is 162 g/mol. The van der Waals surface area contributed by atoms with Gasteiger partial charge in [-0.15, -0.1) is 0 Å². The highest BCUT2D eigenvalue weighted by molar-refractivity contribution is 5.11. The maximum absolute atomic E-state index is 3.70. The minimum Gasteiger partial charge on any atom is -0.297 e. The van der Waals surface area contributed by atoms with Gasteiger partial charge >= 0.3 is 0 Å². The van der Waals surface area contributed by atoms with E-state index in [4.69, 9.17) is 0 Å². The predicted molar refractivity (Wildman–Crippen MR) is 54.6 cm³/mol. The van der Waals surface area contributed by atoms with E-state index in [-0.39, 0.29) is 1.43 Å². The van der Waals surface area contributed by atoms with Gasteiger partial charge in [-0.25, -0.2) is 0 Å². The fourth-order valence-corrected chi connectivity index (χ4v) is 2.81. The van der Waals surface area contributed by atoms with Gasteiger partial charge in [0.05, 0.1) is 6.17 Å². The molecule has 3 rings (SSSR count). The molecule has 2 aliphatic heterocycles. The molecule has 2 saturated heterocycles. The molecule has 3 unspecified atom stereocenters. The molecule has 0 amide bonds. The van der Waals surface area contributed by atoms with E-state index in [0.29, 0.717) is 12.2 Å². The van der Waals surface area contributed by atoms with Gasteiger partial charge in [-0.1, -0.05) is 0 Å². The fourth-order valence-electron chi connectivity index (χ4n) is 2.81. The van der Waals surface area contributed by atoms with Crippen molar-refractivity contribution < 1.29 is 1.43 Å². The lowest BCUT2D eigenvalue weighted by molar-refractivity contribution is 0.0585. The van der Waals surface area contributed by atoms with E-state index < -0.39 is 0 Å². The van der Waals surface area contributed by atoms with Gasteiger partial charge in [0.1, 0.15) is 0 Å². The van der Waals surface area contributed by atoms with E-state index in [2.05, 4.69) is 29.0 Å². The van der Waals surface area contributed by atoms with Crippen molar-refractivity contribution in [3.05, 3.63) is 0 Å². The molecule has 0 radical (unpaired) electrons. The summed E-state index contributed by atoms with van der Waals surface area (Å²) in [6.45, 7) is 8.36. The summed E-state index contributed by atoms with van der Waals surface area (Å²) >= 11 is 0. The van der Waals surface area contributed by atoms with Crippen LogP contribution in [0.25, 0.3) is 0 Å². The smallest absolute Gasteiger partial charge is 0.0734 e. The Morgan fingerprint density at radius 3 is 3.00 bits per heavy atom. The molecule has 1 aliphatic carbocycles. The number of nitrogens with one attached hydrogen (secondary N) is 1. The van der Waals surface area contributed by atoms with Gasteiger partial charge in [-0.05, 0) is 20.3 Å². The summed E-state index contributed by atoms with van der Waals surface area (Å²) in [6, 6.07) is 2.46. The van der Waals surface area contributed by atoms with Crippen LogP contribution in [-0.4, -0.2) is 53.7 Å². The van der Waals surface area contributed by atoms with Crippen LogP contribution in [0.3, 0.4) is 0 Å². The molecule has 3 nitrogen and oxygen atoms in total. The number of rotatable bonds is 1. The van der Waals surface area contributed by atoms with E-state index >= 15 is 0 Å². The number of hydrogen-bond acceptors (Lipinski definition) is 3. The van der Waals surface area contributed by atoms with Crippen LogP contribution >= 0.6 is 0 Å². The minimum absolute atomic E-state index is 0. The molecule has 0 aromatic heterocycles. The van der Waals surface area contributed by atoms with Crippen molar-refractivity contribution in [3.8, 4) is 0 Å². The van der Waals surface area contributed by atoms with Crippen LogP contribution in [0.2, 0.25) is 0 Å². The Bertz CT molecular complexity index is 221. The quantitative estimate of drug-likeness (QED) is 0.632. The van der Waals surface area contributed by atoms with Crippen molar-refractivity contribution in [1.29, 1.82) is 0 Å². The highest BCUT2D eigenvalue weighted by atomic mass is 15.5. The second kappa shape index (κ2) is 2.69. The third kappa shape index (κ3) is 1.22. The summed E-state index contributed by atoms with van der Waals surface area (Å²) < 4.78 is 0. The molecule has 3 aliphatic rings. The van der Waals surface area contributed by atoms with Crippen molar-refractivity contribution in [1.82, 2.24) is 15.1 Å². The molecule has 3 atom stereocenters. The van der Waals surface area contributed by atoms with Crippen LogP contribution in [-0.2, 0) is 0 Å². The lowest BCUT2D eigenvalue weighted by Crippen LogP contribution is -2.57. The summed E-state index contributed by atoms with van der Waals surface area (Å²) in [5.41, 5.74) is 0. The van der Waals surface area contributed by atoms with Crippen LogP contribution in [0.5, 0.6) is 0 Å². The van der Waals surface area contributed by atoms with Crippen molar-refractivity contribution in [2.24, 2.45) is 0 Å². The van der Waals surface area contributed by atoms with Gasteiger partial charge in [0, 0.05) is 39.2 Å². The highest BCUT2D eigenvalue weighted by Gasteiger charge is 2.52. The van der Waals surface area contributed by atoms with E-state index in [1.54, 1.807) is 0 Å². The van der Waals surface area contributed by atoms with Crippen LogP contribution in [0, 0.1) is 0 Å². The zero-order valence-electron chi connectivity index (χ0n) is 8.53. The Kier molecular flexibility index (Phi) is 1.70. The third-order valence-corrected chi connectivity index (χ3v) is 3.77. The standard InChI is InChI=1S/C10H19N3.H2/c1-7(2)12-3-4-13-9-5-8(9)11-10(13)6-12;/h7-11H,3-6H2,1-2H3;1H. The third-order valence-electron chi connectivity index (χ3n) is 3.77. The molecule has 0 spiro atoms. The maximum atomic E-state index is 3.70. The first-order valence-corrected chi connectivity index (χ1v) is 5.51. The van der Waals surface area contributed by atoms with Gasteiger partial charge in [0.15, 0.2) is 0 Å². The van der Waals surface area contributed by atoms with Crippen molar-refractivity contribution in [2.75, 3.05) is 19.6 Å². The predicted octanol–water partition coefficient (Wildman–Crippen LogP) is 0.329. The van der Waals surface area contributed by atoms with Crippen molar-refractivity contribution in [3.63, 3.8) is 0 Å². The molecule has 13 heavy (non-hydrogen) atoms. The van der Waals surface area contributed by atoms with Gasteiger partial charge in [-0.2, -0.15) is 0 Å². The average molecular weight is 183 g/mol. The molecule has 0 aromatic carbocycles. The summed E-state index contributed by atoms with van der Waals surface area (Å²) in [5.74, 6) is 0. The first-order chi connectivity index (χ1) is 6.25. The summed E-state index contributed by atoms with van der Waals surface area (Å²) in [4.78, 5) is 5.25. The van der Waals surface area contributed by atoms with Gasteiger partial charge in [0.2, 0.25) is 0 Å². The maximum Gasteiger partial charge on any atom is 0.0734 e. The first kappa shape index (κ1) is 8.21. The molecule has 3 fully saturated rings. The normalized spacial score (nSPS) is 45.0. The van der Waals surface area contributed by atoms with E-state index in [9.17, 15) is 0 Å². The summed E-state index contributed by atoms with van der Waals surface area (Å²) in [7, 11) is 0. The highest BCUT2D eigenvalue weighted by Crippen LogP contribution is 2.37. The molecule has 1 N–H and O–H groups in total.